The van der Waals surface area contributed by atoms with Crippen LogP contribution in [0.25, 0.3) is 0 Å². The molecule has 100 valence electrons. The van der Waals surface area contributed by atoms with Crippen LogP contribution in [0.4, 0.5) is 0 Å². The van der Waals surface area contributed by atoms with Crippen molar-refractivity contribution >= 4 is 0 Å². The van der Waals surface area contributed by atoms with Crippen LogP contribution < -0.4 is 5.32 Å². The summed E-state index contributed by atoms with van der Waals surface area (Å²) in [5.74, 6) is 1.95. The maximum atomic E-state index is 5.51. The van der Waals surface area contributed by atoms with Crippen molar-refractivity contribution < 1.29 is 4.42 Å². The summed E-state index contributed by atoms with van der Waals surface area (Å²) in [6.45, 7) is 9.61. The predicted octanol–water partition coefficient (Wildman–Crippen LogP) is 4.15. The van der Waals surface area contributed by atoms with Gasteiger partial charge in [-0.15, -0.1) is 0 Å². The maximum Gasteiger partial charge on any atom is 0.120 e. The van der Waals surface area contributed by atoms with Crippen molar-refractivity contribution in [2.75, 3.05) is 0 Å². The Morgan fingerprint density at radius 1 is 1.39 bits per heavy atom. The molecule has 1 aromatic rings. The summed E-state index contributed by atoms with van der Waals surface area (Å²) in [7, 11) is 0. The van der Waals surface area contributed by atoms with Crippen molar-refractivity contribution in [2.24, 2.45) is 16.7 Å². The number of nitrogens with one attached hydrogen (secondary N) is 1. The zero-order valence-electron chi connectivity index (χ0n) is 12.0. The van der Waals surface area contributed by atoms with Crippen LogP contribution in [0.3, 0.4) is 0 Å². The zero-order chi connectivity index (χ0) is 13.0. The summed E-state index contributed by atoms with van der Waals surface area (Å²) < 4.78 is 5.51. The molecule has 1 heterocycles. The SMILES string of the molecule is C[C@@H](NC1CC2CCC1(C)C2(C)C)c1ccco1. The fraction of sp³-hybridized carbons (Fsp3) is 0.750. The van der Waals surface area contributed by atoms with E-state index in [2.05, 4.69) is 39.1 Å². The summed E-state index contributed by atoms with van der Waals surface area (Å²) in [5.41, 5.74) is 0.923. The molecule has 0 aromatic carbocycles. The van der Waals surface area contributed by atoms with Gasteiger partial charge in [0.25, 0.3) is 0 Å². The molecule has 3 unspecified atom stereocenters. The molecule has 0 amide bonds. The number of rotatable bonds is 3. The lowest BCUT2D eigenvalue weighted by Gasteiger charge is -2.40. The molecule has 2 fully saturated rings. The summed E-state index contributed by atoms with van der Waals surface area (Å²) in [6, 6.07) is 4.99. The summed E-state index contributed by atoms with van der Waals surface area (Å²) >= 11 is 0. The van der Waals surface area contributed by atoms with Crippen molar-refractivity contribution in [2.45, 2.75) is 59.0 Å². The third kappa shape index (κ3) is 1.51. The van der Waals surface area contributed by atoms with E-state index >= 15 is 0 Å². The Labute approximate surface area is 110 Å². The lowest BCUT2D eigenvalue weighted by atomic mass is 9.69. The average Bonchev–Trinajstić information content (AvgIpc) is 2.95. The molecule has 1 N–H and O–H groups in total. The molecule has 0 radical (unpaired) electrons. The standard InChI is InChI=1S/C16H25NO/c1-11(13-6-5-9-18-13)17-14-10-12-7-8-16(14,4)15(12,2)3/h5-6,9,11-12,14,17H,7-8,10H2,1-4H3/t11-,12?,14?,16?/m1/s1. The Balaban J connectivity index is 1.76. The monoisotopic (exact) mass is 247 g/mol. The maximum absolute atomic E-state index is 5.51. The second-order valence-corrected chi connectivity index (χ2v) is 7.07. The fourth-order valence-corrected chi connectivity index (χ4v) is 4.38. The summed E-state index contributed by atoms with van der Waals surface area (Å²) in [4.78, 5) is 0. The lowest BCUT2D eigenvalue weighted by molar-refractivity contribution is 0.114. The highest BCUT2D eigenvalue weighted by molar-refractivity contribution is 5.14. The highest BCUT2D eigenvalue weighted by Gasteiger charge is 2.61. The Morgan fingerprint density at radius 2 is 2.17 bits per heavy atom. The minimum absolute atomic E-state index is 0.317. The number of hydrogen-bond acceptors (Lipinski definition) is 2. The van der Waals surface area contributed by atoms with Gasteiger partial charge in [-0.1, -0.05) is 20.8 Å². The molecule has 2 nitrogen and oxygen atoms in total. The second-order valence-electron chi connectivity index (χ2n) is 7.07. The number of furan rings is 1. The highest BCUT2D eigenvalue weighted by Crippen LogP contribution is 2.65. The van der Waals surface area contributed by atoms with Gasteiger partial charge in [-0.25, -0.2) is 0 Å². The Hall–Kier alpha value is -0.760. The molecule has 0 aliphatic heterocycles. The van der Waals surface area contributed by atoms with Gasteiger partial charge in [0.15, 0.2) is 0 Å². The van der Waals surface area contributed by atoms with E-state index in [9.17, 15) is 0 Å². The number of fused-ring (bicyclic) bond motifs is 2. The predicted molar refractivity (Wildman–Crippen MR) is 73.3 cm³/mol. The topological polar surface area (TPSA) is 25.2 Å². The Morgan fingerprint density at radius 3 is 2.67 bits per heavy atom. The second kappa shape index (κ2) is 3.86. The minimum atomic E-state index is 0.317. The molecule has 2 bridgehead atoms. The van der Waals surface area contributed by atoms with Gasteiger partial charge in [0.1, 0.15) is 5.76 Å². The van der Waals surface area contributed by atoms with Crippen molar-refractivity contribution in [1.82, 2.24) is 5.32 Å². The molecular formula is C16H25NO. The van der Waals surface area contributed by atoms with Crippen LogP contribution >= 0.6 is 0 Å². The Bertz CT molecular complexity index is 422. The minimum Gasteiger partial charge on any atom is -0.468 e. The number of hydrogen-bond donors (Lipinski definition) is 1. The van der Waals surface area contributed by atoms with Crippen LogP contribution in [0.1, 0.15) is 58.8 Å². The van der Waals surface area contributed by atoms with E-state index in [0.29, 0.717) is 22.9 Å². The van der Waals surface area contributed by atoms with E-state index in [1.54, 1.807) is 6.26 Å². The first-order chi connectivity index (χ1) is 8.45. The van der Waals surface area contributed by atoms with E-state index in [4.69, 9.17) is 4.42 Å². The molecule has 0 spiro atoms. The molecule has 2 aliphatic carbocycles. The summed E-state index contributed by atoms with van der Waals surface area (Å²) in [6.07, 6.45) is 5.87. The lowest BCUT2D eigenvalue weighted by Crippen LogP contribution is -2.45. The molecule has 2 aliphatic rings. The first-order valence-corrected chi connectivity index (χ1v) is 7.24. The van der Waals surface area contributed by atoms with Gasteiger partial charge in [0, 0.05) is 6.04 Å². The third-order valence-electron chi connectivity index (χ3n) is 6.22. The van der Waals surface area contributed by atoms with Gasteiger partial charge in [-0.3, -0.25) is 0 Å². The average molecular weight is 247 g/mol. The van der Waals surface area contributed by atoms with Crippen LogP contribution in [0, 0.1) is 16.7 Å². The van der Waals surface area contributed by atoms with Crippen molar-refractivity contribution in [3.8, 4) is 0 Å². The summed E-state index contributed by atoms with van der Waals surface area (Å²) in [5, 5.41) is 3.82. The molecule has 2 saturated carbocycles. The molecule has 1 aromatic heterocycles. The van der Waals surface area contributed by atoms with Crippen LogP contribution in [-0.2, 0) is 0 Å². The fourth-order valence-electron chi connectivity index (χ4n) is 4.38. The van der Waals surface area contributed by atoms with E-state index in [1.807, 2.05) is 6.07 Å². The highest BCUT2D eigenvalue weighted by atomic mass is 16.3. The van der Waals surface area contributed by atoms with Gasteiger partial charge in [-0.05, 0) is 55.1 Å². The molecule has 18 heavy (non-hydrogen) atoms. The van der Waals surface area contributed by atoms with Gasteiger partial charge in [0.05, 0.1) is 12.3 Å². The van der Waals surface area contributed by atoms with Crippen LogP contribution in [-0.4, -0.2) is 6.04 Å². The molecule has 2 heteroatoms. The van der Waals surface area contributed by atoms with Crippen molar-refractivity contribution in [3.05, 3.63) is 24.2 Å². The van der Waals surface area contributed by atoms with Gasteiger partial charge < -0.3 is 9.73 Å². The van der Waals surface area contributed by atoms with Gasteiger partial charge in [0.2, 0.25) is 0 Å². The first-order valence-electron chi connectivity index (χ1n) is 7.24. The van der Waals surface area contributed by atoms with Crippen LogP contribution in [0.2, 0.25) is 0 Å². The van der Waals surface area contributed by atoms with Crippen LogP contribution in [0.15, 0.2) is 22.8 Å². The molecule has 0 saturated heterocycles. The quantitative estimate of drug-likeness (QED) is 0.868. The van der Waals surface area contributed by atoms with E-state index in [1.165, 1.54) is 19.3 Å². The van der Waals surface area contributed by atoms with Gasteiger partial charge in [-0.2, -0.15) is 0 Å². The molecular weight excluding hydrogens is 222 g/mol. The molecule has 4 atom stereocenters. The van der Waals surface area contributed by atoms with E-state index < -0.39 is 0 Å². The zero-order valence-corrected chi connectivity index (χ0v) is 12.0. The first kappa shape index (κ1) is 12.3. The van der Waals surface area contributed by atoms with Crippen LogP contribution in [0.5, 0.6) is 0 Å². The molecule has 3 rings (SSSR count). The largest absolute Gasteiger partial charge is 0.468 e. The van der Waals surface area contributed by atoms with E-state index in [-0.39, 0.29) is 0 Å². The van der Waals surface area contributed by atoms with E-state index in [0.717, 1.165) is 11.7 Å². The smallest absolute Gasteiger partial charge is 0.120 e. The van der Waals surface area contributed by atoms with Gasteiger partial charge >= 0.3 is 0 Å². The third-order valence-corrected chi connectivity index (χ3v) is 6.22. The normalized spacial score (nSPS) is 39.1. The van der Waals surface area contributed by atoms with Crippen molar-refractivity contribution in [1.29, 1.82) is 0 Å². The Kier molecular flexibility index (Phi) is 2.64. The van der Waals surface area contributed by atoms with Crippen molar-refractivity contribution in [3.63, 3.8) is 0 Å².